The van der Waals surface area contributed by atoms with E-state index in [1.54, 1.807) is 18.2 Å². The van der Waals surface area contributed by atoms with E-state index >= 15 is 0 Å². The molecule has 1 aliphatic rings. The van der Waals surface area contributed by atoms with Crippen molar-refractivity contribution in [3.8, 4) is 5.75 Å². The lowest BCUT2D eigenvalue weighted by atomic mass is 10.2. The van der Waals surface area contributed by atoms with Gasteiger partial charge in [-0.15, -0.1) is 0 Å². The van der Waals surface area contributed by atoms with Crippen LogP contribution in [0.3, 0.4) is 0 Å². The minimum Gasteiger partial charge on any atom is -0.495 e. The fourth-order valence-electron chi connectivity index (χ4n) is 1.97. The number of amides is 2. The molecule has 2 N–H and O–H groups in total. The van der Waals surface area contributed by atoms with Gasteiger partial charge in [-0.1, -0.05) is 11.6 Å². The lowest BCUT2D eigenvalue weighted by Gasteiger charge is -2.26. The van der Waals surface area contributed by atoms with Gasteiger partial charge >= 0.3 is 11.8 Å². The van der Waals surface area contributed by atoms with Crippen LogP contribution in [0.2, 0.25) is 5.02 Å². The molecule has 7 heteroatoms. The van der Waals surface area contributed by atoms with Gasteiger partial charge in [0.05, 0.1) is 12.8 Å². The molecule has 0 radical (unpaired) electrons. The Bertz CT molecular complexity index is 516. The number of benzene rings is 1. The van der Waals surface area contributed by atoms with Gasteiger partial charge < -0.3 is 20.3 Å². The number of ether oxygens (including phenoxy) is 1. The number of hydrogen-bond acceptors (Lipinski definition) is 4. The van der Waals surface area contributed by atoms with Crippen molar-refractivity contribution in [1.29, 1.82) is 0 Å². The van der Waals surface area contributed by atoms with Crippen LogP contribution in [-0.2, 0) is 9.59 Å². The average Bonchev–Trinajstić information content (AvgIpc) is 2.47. The Balaban J connectivity index is 2.07. The molecule has 0 unspecified atom stereocenters. The van der Waals surface area contributed by atoms with Crippen molar-refractivity contribution in [3.05, 3.63) is 23.2 Å². The predicted molar refractivity (Wildman–Crippen MR) is 76.1 cm³/mol. The second kappa shape index (κ2) is 6.58. The summed E-state index contributed by atoms with van der Waals surface area (Å²) >= 11 is 5.88. The summed E-state index contributed by atoms with van der Waals surface area (Å²) in [4.78, 5) is 25.5. The monoisotopic (exact) mass is 297 g/mol. The summed E-state index contributed by atoms with van der Waals surface area (Å²) in [6, 6.07) is 4.82. The van der Waals surface area contributed by atoms with Gasteiger partial charge in [-0.25, -0.2) is 0 Å². The zero-order valence-corrected chi connectivity index (χ0v) is 11.9. The van der Waals surface area contributed by atoms with Crippen LogP contribution in [-0.4, -0.2) is 50.0 Å². The molecule has 2 rings (SSSR count). The van der Waals surface area contributed by atoms with Crippen LogP contribution in [0.1, 0.15) is 0 Å². The maximum Gasteiger partial charge on any atom is 0.314 e. The first-order valence-corrected chi connectivity index (χ1v) is 6.64. The Morgan fingerprint density at radius 3 is 2.70 bits per heavy atom. The molecule has 0 aromatic heterocycles. The molecule has 0 atom stereocenters. The van der Waals surface area contributed by atoms with Crippen LogP contribution >= 0.6 is 11.6 Å². The Morgan fingerprint density at radius 1 is 1.35 bits per heavy atom. The largest absolute Gasteiger partial charge is 0.495 e. The van der Waals surface area contributed by atoms with Crippen molar-refractivity contribution < 1.29 is 14.3 Å². The topological polar surface area (TPSA) is 70.7 Å². The number of carbonyl (C=O) groups excluding carboxylic acids is 2. The molecule has 2 amide bonds. The van der Waals surface area contributed by atoms with Crippen molar-refractivity contribution >= 4 is 29.1 Å². The van der Waals surface area contributed by atoms with Gasteiger partial charge in [0.15, 0.2) is 0 Å². The quantitative estimate of drug-likeness (QED) is 0.789. The van der Waals surface area contributed by atoms with E-state index in [-0.39, 0.29) is 0 Å². The van der Waals surface area contributed by atoms with Gasteiger partial charge in [-0.2, -0.15) is 0 Å². The van der Waals surface area contributed by atoms with Gasteiger partial charge in [0.25, 0.3) is 0 Å². The summed E-state index contributed by atoms with van der Waals surface area (Å²) < 4.78 is 5.12. The lowest BCUT2D eigenvalue weighted by Crippen LogP contribution is -2.49. The maximum absolute atomic E-state index is 12.0. The van der Waals surface area contributed by atoms with E-state index in [1.807, 2.05) is 0 Å². The maximum atomic E-state index is 12.0. The van der Waals surface area contributed by atoms with Gasteiger partial charge in [0.2, 0.25) is 0 Å². The Labute approximate surface area is 122 Å². The molecule has 1 aromatic carbocycles. The smallest absolute Gasteiger partial charge is 0.314 e. The van der Waals surface area contributed by atoms with Crippen LogP contribution in [0.25, 0.3) is 0 Å². The third-order valence-electron chi connectivity index (χ3n) is 3.01. The summed E-state index contributed by atoms with van der Waals surface area (Å²) in [6.07, 6.45) is 0. The first kappa shape index (κ1) is 14.6. The van der Waals surface area contributed by atoms with E-state index in [2.05, 4.69) is 10.6 Å². The zero-order chi connectivity index (χ0) is 14.5. The molecule has 1 heterocycles. The molecule has 0 aliphatic carbocycles. The Kier molecular flexibility index (Phi) is 4.81. The van der Waals surface area contributed by atoms with E-state index < -0.39 is 11.8 Å². The lowest BCUT2D eigenvalue weighted by molar-refractivity contribution is -0.143. The molecule has 1 fully saturated rings. The summed E-state index contributed by atoms with van der Waals surface area (Å²) in [5, 5.41) is 6.11. The van der Waals surface area contributed by atoms with Gasteiger partial charge in [-0.3, -0.25) is 9.59 Å². The summed E-state index contributed by atoms with van der Waals surface area (Å²) in [7, 11) is 1.48. The van der Waals surface area contributed by atoms with Crippen molar-refractivity contribution in [2.75, 3.05) is 38.6 Å². The molecule has 0 bridgehead atoms. The molecule has 0 spiro atoms. The predicted octanol–water partition coefficient (Wildman–Crippen LogP) is 0.719. The van der Waals surface area contributed by atoms with Crippen molar-refractivity contribution in [1.82, 2.24) is 10.2 Å². The van der Waals surface area contributed by atoms with Crippen LogP contribution in [0.4, 0.5) is 5.69 Å². The zero-order valence-electron chi connectivity index (χ0n) is 11.1. The minimum absolute atomic E-state index is 0.383. The van der Waals surface area contributed by atoms with Crippen LogP contribution < -0.4 is 15.4 Å². The number of hydrogen-bond donors (Lipinski definition) is 2. The Morgan fingerprint density at radius 2 is 2.05 bits per heavy atom. The van der Waals surface area contributed by atoms with E-state index in [1.165, 1.54) is 12.0 Å². The van der Waals surface area contributed by atoms with Gasteiger partial charge in [-0.05, 0) is 18.2 Å². The molecular formula is C13H16ClN3O3. The van der Waals surface area contributed by atoms with Crippen molar-refractivity contribution in [2.45, 2.75) is 0 Å². The third kappa shape index (κ3) is 3.40. The molecule has 1 aliphatic heterocycles. The first-order chi connectivity index (χ1) is 9.61. The summed E-state index contributed by atoms with van der Waals surface area (Å²) in [5.74, 6) is -0.781. The van der Waals surface area contributed by atoms with E-state index in [0.717, 1.165) is 0 Å². The van der Waals surface area contributed by atoms with E-state index in [9.17, 15) is 9.59 Å². The van der Waals surface area contributed by atoms with Gasteiger partial charge in [0, 0.05) is 31.2 Å². The average molecular weight is 298 g/mol. The summed E-state index contributed by atoms with van der Waals surface area (Å²) in [6.45, 7) is 2.44. The number of piperazine rings is 1. The standard InChI is InChI=1S/C13H16ClN3O3/c1-20-11-3-2-9(14)8-10(11)16-12(18)13(19)17-6-4-15-5-7-17/h2-3,8,15H,4-7H2,1H3,(H,16,18). The van der Waals surface area contributed by atoms with E-state index in [4.69, 9.17) is 16.3 Å². The molecule has 20 heavy (non-hydrogen) atoms. The van der Waals surface area contributed by atoms with Crippen LogP contribution in [0.5, 0.6) is 5.75 Å². The molecule has 1 saturated heterocycles. The van der Waals surface area contributed by atoms with Crippen LogP contribution in [0, 0.1) is 0 Å². The number of rotatable bonds is 2. The fourth-order valence-corrected chi connectivity index (χ4v) is 2.14. The van der Waals surface area contributed by atoms with Crippen LogP contribution in [0.15, 0.2) is 18.2 Å². The number of anilines is 1. The normalized spacial score (nSPS) is 14.8. The second-order valence-corrected chi connectivity index (χ2v) is 4.78. The van der Waals surface area contributed by atoms with Gasteiger partial charge in [0.1, 0.15) is 5.75 Å². The highest BCUT2D eigenvalue weighted by atomic mass is 35.5. The van der Waals surface area contributed by atoms with Crippen molar-refractivity contribution in [3.63, 3.8) is 0 Å². The van der Waals surface area contributed by atoms with Crippen molar-refractivity contribution in [2.24, 2.45) is 0 Å². The highest BCUT2D eigenvalue weighted by Crippen LogP contribution is 2.27. The number of methoxy groups -OCH3 is 1. The third-order valence-corrected chi connectivity index (χ3v) is 3.24. The molecule has 0 saturated carbocycles. The SMILES string of the molecule is COc1ccc(Cl)cc1NC(=O)C(=O)N1CCNCC1. The molecule has 108 valence electrons. The number of carbonyl (C=O) groups is 2. The van der Waals surface area contributed by atoms with E-state index in [0.29, 0.717) is 42.6 Å². The number of nitrogens with one attached hydrogen (secondary N) is 2. The highest BCUT2D eigenvalue weighted by Gasteiger charge is 2.24. The molecule has 1 aromatic rings. The second-order valence-electron chi connectivity index (χ2n) is 4.34. The first-order valence-electron chi connectivity index (χ1n) is 6.26. The number of nitrogens with zero attached hydrogens (tertiary/aromatic N) is 1. The molecular weight excluding hydrogens is 282 g/mol. The summed E-state index contributed by atoms with van der Waals surface area (Å²) in [5.41, 5.74) is 0.383. The molecule has 6 nitrogen and oxygen atoms in total. The number of halogens is 1. The highest BCUT2D eigenvalue weighted by molar-refractivity contribution is 6.40. The minimum atomic E-state index is -0.688. The fraction of sp³-hybridized carbons (Fsp3) is 0.385. The Hall–Kier alpha value is -1.79.